The van der Waals surface area contributed by atoms with Gasteiger partial charge in [-0.05, 0) is 38.0 Å². The first-order valence-electron chi connectivity index (χ1n) is 9.47. The number of ether oxygens (including phenoxy) is 1. The molecule has 7 nitrogen and oxygen atoms in total. The van der Waals surface area contributed by atoms with Crippen LogP contribution in [0.2, 0.25) is 0 Å². The Labute approximate surface area is 172 Å². The highest BCUT2D eigenvalue weighted by molar-refractivity contribution is 5.95. The third-order valence-electron chi connectivity index (χ3n) is 5.68. The molecule has 2 aromatic rings. The van der Waals surface area contributed by atoms with Crippen molar-refractivity contribution in [1.29, 1.82) is 0 Å². The molecule has 0 radical (unpaired) electrons. The first kappa shape index (κ1) is 22.1. The summed E-state index contributed by atoms with van der Waals surface area (Å²) in [5, 5.41) is 31.4. The molecule has 9 heteroatoms. The second-order valence-electron chi connectivity index (χ2n) is 7.91. The molecule has 1 amide bonds. The van der Waals surface area contributed by atoms with Crippen LogP contribution in [0.4, 0.5) is 14.5 Å². The number of pyridine rings is 1. The summed E-state index contributed by atoms with van der Waals surface area (Å²) in [6.07, 6.45) is -0.886. The van der Waals surface area contributed by atoms with Gasteiger partial charge in [-0.1, -0.05) is 13.0 Å². The van der Waals surface area contributed by atoms with Crippen LogP contribution in [0.1, 0.15) is 44.1 Å². The quantitative estimate of drug-likeness (QED) is 0.589. The number of carbonyl (C=O) groups is 1. The van der Waals surface area contributed by atoms with Crippen LogP contribution in [-0.4, -0.2) is 44.5 Å². The van der Waals surface area contributed by atoms with Crippen LogP contribution in [0, 0.1) is 17.6 Å². The number of aromatic hydroxyl groups is 1. The number of benzene rings is 1. The fourth-order valence-corrected chi connectivity index (χ4v) is 3.66. The lowest BCUT2D eigenvalue weighted by atomic mass is 9.78. The third kappa shape index (κ3) is 4.00. The monoisotopic (exact) mass is 422 g/mol. The lowest BCUT2D eigenvalue weighted by Crippen LogP contribution is -2.33. The maximum absolute atomic E-state index is 14.0. The minimum atomic E-state index is -1.37. The number of phenols is 1. The van der Waals surface area contributed by atoms with Gasteiger partial charge in [-0.3, -0.25) is 9.78 Å². The van der Waals surface area contributed by atoms with Crippen molar-refractivity contribution >= 4 is 11.6 Å². The van der Waals surface area contributed by atoms with Crippen molar-refractivity contribution < 1.29 is 33.6 Å². The number of phenolic OH excluding ortho intramolecular Hbond substituents is 1. The van der Waals surface area contributed by atoms with E-state index < -0.39 is 53.6 Å². The molecule has 1 aromatic carbocycles. The van der Waals surface area contributed by atoms with Crippen LogP contribution in [0.15, 0.2) is 30.5 Å². The van der Waals surface area contributed by atoms with Crippen LogP contribution in [0.25, 0.3) is 0 Å². The predicted octanol–water partition coefficient (Wildman–Crippen LogP) is 2.63. The van der Waals surface area contributed by atoms with Gasteiger partial charge < -0.3 is 25.4 Å². The first-order valence-corrected chi connectivity index (χ1v) is 9.47. The van der Waals surface area contributed by atoms with Crippen LogP contribution < -0.4 is 5.32 Å². The molecular weight excluding hydrogens is 398 g/mol. The van der Waals surface area contributed by atoms with E-state index in [0.29, 0.717) is 5.69 Å². The van der Waals surface area contributed by atoms with Crippen molar-refractivity contribution in [2.75, 3.05) is 11.9 Å². The number of halogens is 2. The minimum Gasteiger partial charge on any atom is -0.505 e. The summed E-state index contributed by atoms with van der Waals surface area (Å²) in [5.41, 5.74) is -0.112. The smallest absolute Gasteiger partial charge is 0.254 e. The van der Waals surface area contributed by atoms with E-state index in [1.54, 1.807) is 13.8 Å². The lowest BCUT2D eigenvalue weighted by Gasteiger charge is -2.25. The number of amides is 1. The average Bonchev–Trinajstić information content (AvgIpc) is 2.96. The summed E-state index contributed by atoms with van der Waals surface area (Å²) in [4.78, 5) is 17.0. The summed E-state index contributed by atoms with van der Waals surface area (Å²) < 4.78 is 33.4. The van der Waals surface area contributed by atoms with Gasteiger partial charge in [0.2, 0.25) is 5.82 Å². The van der Waals surface area contributed by atoms with Gasteiger partial charge in [-0.2, -0.15) is 4.39 Å². The minimum absolute atomic E-state index is 0.0895. The molecule has 0 saturated carbocycles. The molecule has 0 aliphatic carbocycles. The Morgan fingerprint density at radius 2 is 2.00 bits per heavy atom. The largest absolute Gasteiger partial charge is 0.505 e. The Bertz CT molecular complexity index is 936. The highest BCUT2D eigenvalue weighted by atomic mass is 19.2. The summed E-state index contributed by atoms with van der Waals surface area (Å²) in [5.74, 6) is -4.96. The van der Waals surface area contributed by atoms with Crippen LogP contribution in [0.3, 0.4) is 0 Å². The molecule has 1 saturated heterocycles. The van der Waals surface area contributed by atoms with Crippen molar-refractivity contribution in [1.82, 2.24) is 4.98 Å². The van der Waals surface area contributed by atoms with E-state index >= 15 is 0 Å². The number of aromatic nitrogens is 1. The van der Waals surface area contributed by atoms with Crippen molar-refractivity contribution in [3.8, 4) is 5.75 Å². The molecule has 1 aromatic heterocycles. The number of hydrogen-bond donors (Lipinski definition) is 4. The molecule has 3 rings (SSSR count). The van der Waals surface area contributed by atoms with Gasteiger partial charge in [0.1, 0.15) is 12.2 Å². The van der Waals surface area contributed by atoms with E-state index in [-0.39, 0.29) is 17.2 Å². The van der Waals surface area contributed by atoms with Gasteiger partial charge in [0.15, 0.2) is 11.6 Å². The topological polar surface area (TPSA) is 112 Å². The van der Waals surface area contributed by atoms with Crippen molar-refractivity contribution in [3.63, 3.8) is 0 Å². The van der Waals surface area contributed by atoms with E-state index in [1.165, 1.54) is 24.4 Å². The van der Waals surface area contributed by atoms with Crippen LogP contribution in [0.5, 0.6) is 5.75 Å². The maximum atomic E-state index is 14.0. The number of hydrogen-bond acceptors (Lipinski definition) is 6. The Balaban J connectivity index is 1.89. The summed E-state index contributed by atoms with van der Waals surface area (Å²) in [7, 11) is 0. The number of aliphatic hydroxyl groups is 2. The number of rotatable bonds is 5. The number of nitrogens with one attached hydrogen (secondary N) is 1. The Morgan fingerprint density at radius 1 is 1.30 bits per heavy atom. The van der Waals surface area contributed by atoms with Gasteiger partial charge in [0, 0.05) is 11.5 Å². The van der Waals surface area contributed by atoms with Gasteiger partial charge in [-0.15, -0.1) is 0 Å². The molecule has 4 atom stereocenters. The molecule has 30 heavy (non-hydrogen) atoms. The van der Waals surface area contributed by atoms with Gasteiger partial charge in [0.25, 0.3) is 5.91 Å². The zero-order valence-electron chi connectivity index (χ0n) is 16.8. The number of nitrogens with zero attached hydrogens (tertiary/aromatic N) is 1. The number of anilines is 1. The molecule has 1 fully saturated rings. The second kappa shape index (κ2) is 8.25. The summed E-state index contributed by atoms with van der Waals surface area (Å²) in [6.45, 7) is 4.88. The Morgan fingerprint density at radius 3 is 2.60 bits per heavy atom. The van der Waals surface area contributed by atoms with E-state index in [2.05, 4.69) is 10.3 Å². The molecule has 2 heterocycles. The molecule has 1 aliphatic rings. The fraction of sp³-hybridized carbons (Fsp3) is 0.429. The summed E-state index contributed by atoms with van der Waals surface area (Å²) in [6, 6.07) is 5.13. The standard InChI is InChI=1S/C21H24F2N2O5/c1-10-16(12-5-6-13(22)17(23)18(12)28)19(30-21(10,2)3)20(29)25-11-4-7-14(24-8-11)15(27)9-26/h4-8,10,15-16,19,26-28H,9H2,1-3H3,(H,25,29)/t10-,15-,16-,19+/m0/s1. The molecule has 0 bridgehead atoms. The molecule has 4 N–H and O–H groups in total. The van der Waals surface area contributed by atoms with Crippen molar-refractivity contribution in [2.45, 2.75) is 44.5 Å². The zero-order chi connectivity index (χ0) is 22.2. The number of aliphatic hydroxyl groups excluding tert-OH is 2. The molecule has 162 valence electrons. The van der Waals surface area contributed by atoms with E-state index in [0.717, 1.165) is 6.07 Å². The van der Waals surface area contributed by atoms with Crippen LogP contribution in [-0.2, 0) is 9.53 Å². The molecule has 1 aliphatic heterocycles. The first-order chi connectivity index (χ1) is 14.1. The molecular formula is C21H24F2N2O5. The fourth-order valence-electron chi connectivity index (χ4n) is 3.66. The number of carbonyl (C=O) groups excluding carboxylic acids is 1. The predicted molar refractivity (Wildman–Crippen MR) is 104 cm³/mol. The Kier molecular flexibility index (Phi) is 6.07. The maximum Gasteiger partial charge on any atom is 0.254 e. The van der Waals surface area contributed by atoms with E-state index in [9.17, 15) is 23.8 Å². The van der Waals surface area contributed by atoms with Crippen molar-refractivity contribution in [3.05, 3.63) is 53.4 Å². The highest BCUT2D eigenvalue weighted by Crippen LogP contribution is 2.49. The summed E-state index contributed by atoms with van der Waals surface area (Å²) >= 11 is 0. The zero-order valence-corrected chi connectivity index (χ0v) is 16.8. The van der Waals surface area contributed by atoms with Gasteiger partial charge in [-0.25, -0.2) is 4.39 Å². The highest BCUT2D eigenvalue weighted by Gasteiger charge is 2.51. The van der Waals surface area contributed by atoms with Crippen molar-refractivity contribution in [2.24, 2.45) is 5.92 Å². The van der Waals surface area contributed by atoms with E-state index in [1.807, 2.05) is 6.92 Å². The molecule has 0 spiro atoms. The Hall–Kier alpha value is -2.62. The van der Waals surface area contributed by atoms with E-state index in [4.69, 9.17) is 9.84 Å². The molecule has 0 unspecified atom stereocenters. The van der Waals surface area contributed by atoms with Gasteiger partial charge >= 0.3 is 0 Å². The average molecular weight is 422 g/mol. The SMILES string of the molecule is C[C@H]1[C@@H](c2ccc(F)c(F)c2O)[C@H](C(=O)Nc2ccc([C@@H](O)CO)nc2)OC1(C)C. The normalized spacial score (nSPS) is 23.9. The van der Waals surface area contributed by atoms with Crippen LogP contribution >= 0.6 is 0 Å². The van der Waals surface area contributed by atoms with Gasteiger partial charge in [0.05, 0.1) is 29.8 Å². The third-order valence-corrected chi connectivity index (χ3v) is 5.68. The second-order valence-corrected chi connectivity index (χ2v) is 7.91. The lowest BCUT2D eigenvalue weighted by molar-refractivity contribution is -0.131.